The Labute approximate surface area is 162 Å². The largest absolute Gasteiger partial charge is 0.494 e. The van der Waals surface area contributed by atoms with E-state index in [-0.39, 0.29) is 52.6 Å². The molecule has 3 aromatic rings. The van der Waals surface area contributed by atoms with Crippen molar-refractivity contribution in [1.29, 1.82) is 0 Å². The third-order valence-electron chi connectivity index (χ3n) is 3.94. The van der Waals surface area contributed by atoms with Gasteiger partial charge >= 0.3 is 19.6 Å². The van der Waals surface area contributed by atoms with Crippen LogP contribution in [-0.2, 0) is 17.2 Å². The Bertz CT molecular complexity index is 1050. The smallest absolute Gasteiger partial charge is 0.433 e. The molecule has 3 N–H and O–H groups in total. The molecule has 8 nitrogen and oxygen atoms in total. The second kappa shape index (κ2) is 8.09. The van der Waals surface area contributed by atoms with Gasteiger partial charge in [-0.05, 0) is 24.3 Å². The normalized spacial score (nSPS) is 11.6. The predicted octanol–water partition coefficient (Wildman–Crippen LogP) is 2.67. The van der Waals surface area contributed by atoms with Crippen LogP contribution in [0.15, 0.2) is 28.7 Å². The number of benzene rings is 1. The van der Waals surface area contributed by atoms with Gasteiger partial charge in [0.1, 0.15) is 22.7 Å². The number of hydrogen-bond acceptors (Lipinski definition) is 7. The number of methoxy groups -OCH3 is 1. The number of alkyl halides is 3. The molecule has 1 radical (unpaired) electrons. The number of aromatic carboxylic acids is 1. The Kier molecular flexibility index (Phi) is 5.75. The molecule has 2 heterocycles. The summed E-state index contributed by atoms with van der Waals surface area (Å²) in [4.78, 5) is 19.1. The summed E-state index contributed by atoms with van der Waals surface area (Å²) in [5.41, 5.74) is 3.97. The number of aromatic nitrogens is 2. The minimum atomic E-state index is -4.64. The molecule has 0 bridgehead atoms. The van der Waals surface area contributed by atoms with Crippen molar-refractivity contribution in [3.05, 3.63) is 41.4 Å². The van der Waals surface area contributed by atoms with Crippen LogP contribution in [0.4, 0.5) is 13.2 Å². The molecule has 0 aliphatic heterocycles. The van der Waals surface area contributed by atoms with Gasteiger partial charge in [0.05, 0.1) is 13.8 Å². The summed E-state index contributed by atoms with van der Waals surface area (Å²) < 4.78 is 54.7. The second-order valence-electron chi connectivity index (χ2n) is 5.71. The molecule has 0 fully saturated rings. The number of oxazole rings is 1. The number of carboxylic acids is 1. The third kappa shape index (κ3) is 4.17. The molecule has 0 aliphatic rings. The van der Waals surface area contributed by atoms with E-state index in [0.717, 1.165) is 6.07 Å². The topological polar surface area (TPSA) is 121 Å². The molecule has 0 atom stereocenters. The molecular formula is C17H14BF3N3O5. The first kappa shape index (κ1) is 20.6. The number of nitrogens with two attached hydrogens (primary N) is 1. The molecule has 151 valence electrons. The Hall–Kier alpha value is -3.12. The van der Waals surface area contributed by atoms with Crippen LogP contribution in [0, 0.1) is 0 Å². The Morgan fingerprint density at radius 2 is 2.03 bits per heavy atom. The van der Waals surface area contributed by atoms with Gasteiger partial charge in [0.15, 0.2) is 5.69 Å². The predicted molar refractivity (Wildman–Crippen MR) is 95.4 cm³/mol. The Balaban J connectivity index is 2.15. The van der Waals surface area contributed by atoms with E-state index < -0.39 is 17.8 Å². The van der Waals surface area contributed by atoms with Gasteiger partial charge in [0, 0.05) is 17.3 Å². The van der Waals surface area contributed by atoms with E-state index in [0.29, 0.717) is 0 Å². The summed E-state index contributed by atoms with van der Waals surface area (Å²) in [6, 6.07) is 4.92. The lowest BCUT2D eigenvalue weighted by Crippen LogP contribution is -2.12. The van der Waals surface area contributed by atoms with Crippen molar-refractivity contribution < 1.29 is 36.9 Å². The van der Waals surface area contributed by atoms with E-state index in [1.54, 1.807) is 0 Å². The van der Waals surface area contributed by atoms with Gasteiger partial charge < -0.3 is 24.6 Å². The molecule has 0 unspecified atom stereocenters. The lowest BCUT2D eigenvalue weighted by atomic mass is 9.93. The number of halogens is 3. The van der Waals surface area contributed by atoms with Crippen LogP contribution < -0.4 is 10.5 Å². The van der Waals surface area contributed by atoms with E-state index >= 15 is 0 Å². The minimum Gasteiger partial charge on any atom is -0.494 e. The summed E-state index contributed by atoms with van der Waals surface area (Å²) in [6.07, 6.45) is -4.66. The molecule has 0 amide bonds. The summed E-state index contributed by atoms with van der Waals surface area (Å²) in [6.45, 7) is -0.0975. The Morgan fingerprint density at radius 1 is 1.28 bits per heavy atom. The SMILES string of the molecule is COc1ccc(-c2nc(C(=O)O)c(C[B]OCN)o2)c2ccc(C(F)(F)F)nc12. The maximum atomic E-state index is 13.0. The van der Waals surface area contributed by atoms with Crippen molar-refractivity contribution in [1.82, 2.24) is 9.97 Å². The molecule has 0 saturated heterocycles. The van der Waals surface area contributed by atoms with Crippen LogP contribution in [0.5, 0.6) is 5.75 Å². The van der Waals surface area contributed by atoms with Crippen LogP contribution >= 0.6 is 0 Å². The number of carboxylic acid groups (broad SMARTS) is 1. The van der Waals surface area contributed by atoms with Crippen molar-refractivity contribution in [3.63, 3.8) is 0 Å². The molecular weight excluding hydrogens is 394 g/mol. The zero-order chi connectivity index (χ0) is 21.2. The molecule has 29 heavy (non-hydrogen) atoms. The molecule has 1 aromatic carbocycles. The van der Waals surface area contributed by atoms with Gasteiger partial charge in [-0.15, -0.1) is 0 Å². The monoisotopic (exact) mass is 408 g/mol. The highest BCUT2D eigenvalue weighted by molar-refractivity contribution is 6.26. The number of rotatable bonds is 7. The lowest BCUT2D eigenvalue weighted by Gasteiger charge is -2.11. The molecule has 2 aromatic heterocycles. The fourth-order valence-electron chi connectivity index (χ4n) is 2.68. The first-order chi connectivity index (χ1) is 13.8. The summed E-state index contributed by atoms with van der Waals surface area (Å²) in [7, 11) is 2.56. The van der Waals surface area contributed by atoms with Crippen molar-refractivity contribution in [3.8, 4) is 17.2 Å². The van der Waals surface area contributed by atoms with Crippen molar-refractivity contribution in [2.24, 2.45) is 5.73 Å². The average Bonchev–Trinajstić information content (AvgIpc) is 3.10. The highest BCUT2D eigenvalue weighted by Gasteiger charge is 2.33. The molecule has 3 rings (SSSR count). The average molecular weight is 408 g/mol. The number of nitrogens with zero attached hydrogens (tertiary/aromatic N) is 2. The van der Waals surface area contributed by atoms with E-state index in [1.165, 1.54) is 32.8 Å². The fourth-order valence-corrected chi connectivity index (χ4v) is 2.68. The molecule has 0 saturated carbocycles. The number of ether oxygens (including phenoxy) is 1. The number of pyridine rings is 1. The van der Waals surface area contributed by atoms with Gasteiger partial charge in [-0.1, -0.05) is 0 Å². The summed E-state index contributed by atoms with van der Waals surface area (Å²) in [5, 5.41) is 9.60. The first-order valence-corrected chi connectivity index (χ1v) is 8.18. The molecule has 0 spiro atoms. The van der Waals surface area contributed by atoms with Gasteiger partial charge in [-0.25, -0.2) is 14.8 Å². The van der Waals surface area contributed by atoms with Gasteiger partial charge in [-0.2, -0.15) is 13.2 Å². The van der Waals surface area contributed by atoms with Crippen LogP contribution in [-0.4, -0.2) is 42.4 Å². The minimum absolute atomic E-state index is 0.00443. The summed E-state index contributed by atoms with van der Waals surface area (Å²) in [5.74, 6) is -1.30. The van der Waals surface area contributed by atoms with Crippen LogP contribution in [0.1, 0.15) is 21.9 Å². The zero-order valence-electron chi connectivity index (χ0n) is 15.0. The summed E-state index contributed by atoms with van der Waals surface area (Å²) >= 11 is 0. The lowest BCUT2D eigenvalue weighted by molar-refractivity contribution is -0.140. The second-order valence-corrected chi connectivity index (χ2v) is 5.71. The molecule has 0 aliphatic carbocycles. The zero-order valence-corrected chi connectivity index (χ0v) is 15.0. The Morgan fingerprint density at radius 3 is 2.66 bits per heavy atom. The van der Waals surface area contributed by atoms with Gasteiger partial charge in [0.25, 0.3) is 0 Å². The standard InChI is InChI=1S/C17H14BF3N3O5/c1-27-10-4-2-9(8-3-5-12(17(19,20)21)23-13(8)10)15-24-14(16(25)26)11(29-15)6-18-28-7-22/h2-5H,6-7,22H2,1H3,(H,25,26). The van der Waals surface area contributed by atoms with Crippen LogP contribution in [0.25, 0.3) is 22.4 Å². The highest BCUT2D eigenvalue weighted by atomic mass is 19.4. The van der Waals surface area contributed by atoms with Crippen molar-refractivity contribution in [2.75, 3.05) is 13.8 Å². The first-order valence-electron chi connectivity index (χ1n) is 8.18. The third-order valence-corrected chi connectivity index (χ3v) is 3.94. The maximum Gasteiger partial charge on any atom is 0.433 e. The van der Waals surface area contributed by atoms with Crippen LogP contribution in [0.3, 0.4) is 0 Å². The van der Waals surface area contributed by atoms with Crippen molar-refractivity contribution in [2.45, 2.75) is 12.5 Å². The van der Waals surface area contributed by atoms with Gasteiger partial charge in [-0.3, -0.25) is 0 Å². The number of carbonyl (C=O) groups is 1. The van der Waals surface area contributed by atoms with E-state index in [1.807, 2.05) is 0 Å². The number of hydrogen-bond donors (Lipinski definition) is 2. The highest BCUT2D eigenvalue weighted by Crippen LogP contribution is 2.36. The van der Waals surface area contributed by atoms with Crippen LogP contribution in [0.2, 0.25) is 0 Å². The van der Waals surface area contributed by atoms with E-state index in [9.17, 15) is 23.1 Å². The fraction of sp³-hybridized carbons (Fsp3) is 0.235. The van der Waals surface area contributed by atoms with E-state index in [2.05, 4.69) is 9.97 Å². The maximum absolute atomic E-state index is 13.0. The van der Waals surface area contributed by atoms with Crippen molar-refractivity contribution >= 4 is 24.4 Å². The number of fused-ring (bicyclic) bond motifs is 1. The van der Waals surface area contributed by atoms with E-state index in [4.69, 9.17) is 19.5 Å². The van der Waals surface area contributed by atoms with Gasteiger partial charge in [0.2, 0.25) is 5.89 Å². The quantitative estimate of drug-likeness (QED) is 0.348. The molecule has 12 heteroatoms.